The van der Waals surface area contributed by atoms with Crippen LogP contribution in [0.1, 0.15) is 35.6 Å². The van der Waals surface area contributed by atoms with Crippen molar-refractivity contribution >= 4 is 28.1 Å². The summed E-state index contributed by atoms with van der Waals surface area (Å²) in [6.07, 6.45) is 7.59. The molecular formula is C20H22N2O4S. The smallest absolute Gasteiger partial charge is 0.407 e. The standard InChI is InChI=1S/C20H22N2O4S/c1-27(25,26)19-8-3-15(4-9-19)2-6-18-7-5-17(14-21-18)16-10-12-22(13-11-16)20(23)24/h2-9,14,16H,10-13H2,1H3,(H,23,24). The van der Waals surface area contributed by atoms with Crippen LogP contribution in [0.2, 0.25) is 0 Å². The second kappa shape index (κ2) is 7.92. The Morgan fingerprint density at radius 1 is 1.11 bits per heavy atom. The average Bonchev–Trinajstić information content (AvgIpc) is 2.66. The van der Waals surface area contributed by atoms with Gasteiger partial charge in [0.1, 0.15) is 0 Å². The summed E-state index contributed by atoms with van der Waals surface area (Å²) in [7, 11) is -3.18. The molecule has 6 nitrogen and oxygen atoms in total. The fourth-order valence-electron chi connectivity index (χ4n) is 3.17. The molecule has 1 saturated heterocycles. The van der Waals surface area contributed by atoms with Crippen molar-refractivity contribution in [3.05, 3.63) is 59.4 Å². The normalized spacial score (nSPS) is 16.0. The van der Waals surface area contributed by atoms with Gasteiger partial charge in [-0.05, 0) is 54.2 Å². The van der Waals surface area contributed by atoms with Gasteiger partial charge in [-0.15, -0.1) is 0 Å². The number of hydrogen-bond donors (Lipinski definition) is 1. The maximum absolute atomic E-state index is 11.5. The molecule has 0 spiro atoms. The number of piperidine rings is 1. The lowest BCUT2D eigenvalue weighted by Gasteiger charge is -2.30. The molecule has 1 amide bonds. The van der Waals surface area contributed by atoms with E-state index in [1.807, 2.05) is 30.5 Å². The minimum Gasteiger partial charge on any atom is -0.465 e. The quantitative estimate of drug-likeness (QED) is 0.869. The van der Waals surface area contributed by atoms with Crippen LogP contribution in [-0.2, 0) is 9.84 Å². The summed E-state index contributed by atoms with van der Waals surface area (Å²) >= 11 is 0. The monoisotopic (exact) mass is 386 g/mol. The maximum Gasteiger partial charge on any atom is 0.407 e. The van der Waals surface area contributed by atoms with Crippen molar-refractivity contribution in [3.63, 3.8) is 0 Å². The summed E-state index contributed by atoms with van der Waals surface area (Å²) in [5.74, 6) is 0.342. The highest BCUT2D eigenvalue weighted by Gasteiger charge is 2.23. The lowest BCUT2D eigenvalue weighted by atomic mass is 9.90. The molecule has 1 aliphatic rings. The van der Waals surface area contributed by atoms with Crippen LogP contribution in [0.4, 0.5) is 4.79 Å². The molecule has 2 aromatic rings. The van der Waals surface area contributed by atoms with E-state index in [-0.39, 0.29) is 0 Å². The predicted molar refractivity (Wildman–Crippen MR) is 104 cm³/mol. The molecule has 1 aliphatic heterocycles. The average molecular weight is 386 g/mol. The molecule has 27 heavy (non-hydrogen) atoms. The first-order valence-corrected chi connectivity index (χ1v) is 10.6. The molecule has 7 heteroatoms. The molecule has 0 atom stereocenters. The Labute approximate surface area is 159 Å². The van der Waals surface area contributed by atoms with Crippen molar-refractivity contribution in [1.29, 1.82) is 0 Å². The number of benzene rings is 1. The van der Waals surface area contributed by atoms with Gasteiger partial charge in [0.2, 0.25) is 0 Å². The highest BCUT2D eigenvalue weighted by molar-refractivity contribution is 7.90. The predicted octanol–water partition coefficient (Wildman–Crippen LogP) is 3.51. The van der Waals surface area contributed by atoms with Gasteiger partial charge in [0.05, 0.1) is 10.6 Å². The van der Waals surface area contributed by atoms with Crippen LogP contribution >= 0.6 is 0 Å². The molecule has 0 bridgehead atoms. The number of amides is 1. The van der Waals surface area contributed by atoms with Crippen LogP contribution < -0.4 is 0 Å². The first-order valence-electron chi connectivity index (χ1n) is 8.75. The lowest BCUT2D eigenvalue weighted by molar-refractivity contribution is 0.132. The zero-order valence-corrected chi connectivity index (χ0v) is 15.9. The Bertz CT molecular complexity index is 927. The Balaban J connectivity index is 1.62. The van der Waals surface area contributed by atoms with Gasteiger partial charge in [-0.25, -0.2) is 13.2 Å². The van der Waals surface area contributed by atoms with E-state index in [0.717, 1.165) is 29.7 Å². The number of nitrogens with zero attached hydrogens (tertiary/aromatic N) is 2. The third-order valence-electron chi connectivity index (χ3n) is 4.80. The molecule has 0 unspecified atom stereocenters. The Hall–Kier alpha value is -2.67. The molecule has 1 fully saturated rings. The molecular weight excluding hydrogens is 364 g/mol. The molecule has 142 valence electrons. The molecule has 1 aromatic heterocycles. The third-order valence-corrected chi connectivity index (χ3v) is 5.93. The van der Waals surface area contributed by atoms with E-state index in [1.165, 1.54) is 11.2 Å². The number of pyridine rings is 1. The number of carbonyl (C=O) groups is 1. The number of rotatable bonds is 4. The van der Waals surface area contributed by atoms with Gasteiger partial charge in [-0.2, -0.15) is 0 Å². The van der Waals surface area contributed by atoms with Crippen LogP contribution in [0.3, 0.4) is 0 Å². The second-order valence-electron chi connectivity index (χ2n) is 6.73. The summed E-state index contributed by atoms with van der Waals surface area (Å²) in [4.78, 5) is 17.2. The summed E-state index contributed by atoms with van der Waals surface area (Å²) in [5, 5.41) is 9.02. The fourth-order valence-corrected chi connectivity index (χ4v) is 3.80. The number of likely N-dealkylation sites (tertiary alicyclic amines) is 1. The van der Waals surface area contributed by atoms with E-state index < -0.39 is 15.9 Å². The Morgan fingerprint density at radius 2 is 1.78 bits per heavy atom. The van der Waals surface area contributed by atoms with Crippen LogP contribution in [0.25, 0.3) is 12.2 Å². The SMILES string of the molecule is CS(=O)(=O)c1ccc(C=Cc2ccc(C3CCN(C(=O)O)CC3)cn2)cc1. The number of hydrogen-bond acceptors (Lipinski definition) is 4. The molecule has 2 heterocycles. The first kappa shape index (κ1) is 19.1. The van der Waals surface area contributed by atoms with Crippen molar-refractivity contribution in [2.24, 2.45) is 0 Å². The van der Waals surface area contributed by atoms with E-state index in [2.05, 4.69) is 4.98 Å². The van der Waals surface area contributed by atoms with E-state index >= 15 is 0 Å². The summed E-state index contributed by atoms with van der Waals surface area (Å²) in [5.41, 5.74) is 2.85. The molecule has 0 saturated carbocycles. The topological polar surface area (TPSA) is 87.6 Å². The number of aromatic nitrogens is 1. The molecule has 0 radical (unpaired) electrons. The summed E-state index contributed by atoms with van der Waals surface area (Å²) < 4.78 is 23.0. The van der Waals surface area contributed by atoms with E-state index in [0.29, 0.717) is 23.9 Å². The third kappa shape index (κ3) is 4.95. The van der Waals surface area contributed by atoms with Crippen LogP contribution in [0.5, 0.6) is 0 Å². The zero-order valence-electron chi connectivity index (χ0n) is 15.1. The summed E-state index contributed by atoms with van der Waals surface area (Å²) in [6.45, 7) is 1.12. The van der Waals surface area contributed by atoms with Gasteiger partial charge in [-0.1, -0.05) is 24.3 Å². The van der Waals surface area contributed by atoms with Gasteiger partial charge in [0, 0.05) is 25.5 Å². The van der Waals surface area contributed by atoms with Crippen molar-refractivity contribution in [1.82, 2.24) is 9.88 Å². The largest absolute Gasteiger partial charge is 0.465 e. The minimum absolute atomic E-state index is 0.302. The van der Waals surface area contributed by atoms with Crippen molar-refractivity contribution in [3.8, 4) is 0 Å². The van der Waals surface area contributed by atoms with Crippen molar-refractivity contribution in [2.75, 3.05) is 19.3 Å². The van der Waals surface area contributed by atoms with E-state index in [4.69, 9.17) is 5.11 Å². The van der Waals surface area contributed by atoms with Gasteiger partial charge >= 0.3 is 6.09 Å². The molecule has 1 N–H and O–H groups in total. The van der Waals surface area contributed by atoms with Gasteiger partial charge in [0.25, 0.3) is 0 Å². The van der Waals surface area contributed by atoms with E-state index in [1.54, 1.807) is 24.3 Å². The second-order valence-corrected chi connectivity index (χ2v) is 8.75. The maximum atomic E-state index is 11.5. The lowest BCUT2D eigenvalue weighted by Crippen LogP contribution is -2.36. The van der Waals surface area contributed by atoms with Crippen LogP contribution in [-0.4, -0.2) is 48.8 Å². The summed E-state index contributed by atoms with van der Waals surface area (Å²) in [6, 6.07) is 10.7. The van der Waals surface area contributed by atoms with Crippen molar-refractivity contribution in [2.45, 2.75) is 23.7 Å². The van der Waals surface area contributed by atoms with Crippen molar-refractivity contribution < 1.29 is 18.3 Å². The Morgan fingerprint density at radius 3 is 2.30 bits per heavy atom. The first-order chi connectivity index (χ1) is 12.8. The van der Waals surface area contributed by atoms with Crippen LogP contribution in [0, 0.1) is 0 Å². The minimum atomic E-state index is -3.18. The Kier molecular flexibility index (Phi) is 5.60. The van der Waals surface area contributed by atoms with Gasteiger partial charge in [-0.3, -0.25) is 4.98 Å². The molecule has 3 rings (SSSR count). The number of carboxylic acid groups (broad SMARTS) is 1. The molecule has 0 aliphatic carbocycles. The highest BCUT2D eigenvalue weighted by Crippen LogP contribution is 2.27. The zero-order chi connectivity index (χ0) is 19.4. The highest BCUT2D eigenvalue weighted by atomic mass is 32.2. The van der Waals surface area contributed by atoms with Crippen LogP contribution in [0.15, 0.2) is 47.5 Å². The van der Waals surface area contributed by atoms with Gasteiger partial charge in [0.15, 0.2) is 9.84 Å². The van der Waals surface area contributed by atoms with E-state index in [9.17, 15) is 13.2 Å². The molecule has 1 aromatic carbocycles. The number of sulfone groups is 1. The fraction of sp³-hybridized carbons (Fsp3) is 0.300. The van der Waals surface area contributed by atoms with Gasteiger partial charge < -0.3 is 10.0 Å².